The summed E-state index contributed by atoms with van der Waals surface area (Å²) in [6.45, 7) is 2.69. The number of rotatable bonds is 7. The van der Waals surface area contributed by atoms with Crippen molar-refractivity contribution in [3.05, 3.63) is 114 Å². The maximum Gasteiger partial charge on any atom is 0.255 e. The SMILES string of the molecule is COc1ccccc1NC(=O)c1ccc(NCc2cc(-c3ccc(C)cc3)cn3ccnc23)cc1. The number of pyridine rings is 1. The molecule has 5 aromatic rings. The summed E-state index contributed by atoms with van der Waals surface area (Å²) in [5, 5.41) is 6.36. The second-order valence-electron chi connectivity index (χ2n) is 8.36. The predicted octanol–water partition coefficient (Wildman–Crippen LogP) is 6.18. The summed E-state index contributed by atoms with van der Waals surface area (Å²) >= 11 is 0. The Labute approximate surface area is 204 Å². The third kappa shape index (κ3) is 4.87. The first kappa shape index (κ1) is 22.2. The molecule has 0 atom stereocenters. The normalized spacial score (nSPS) is 10.8. The number of carbonyl (C=O) groups excluding carboxylic acids is 1. The molecule has 6 nitrogen and oxygen atoms in total. The lowest BCUT2D eigenvalue weighted by molar-refractivity contribution is 0.102. The number of nitrogens with one attached hydrogen (secondary N) is 2. The van der Waals surface area contributed by atoms with Gasteiger partial charge in [0.1, 0.15) is 11.4 Å². The number of ether oxygens (including phenoxy) is 1. The molecule has 0 aliphatic carbocycles. The fourth-order valence-corrected chi connectivity index (χ4v) is 4.02. The van der Waals surface area contributed by atoms with Crippen LogP contribution in [0.15, 0.2) is 97.5 Å². The molecule has 0 spiro atoms. The second-order valence-corrected chi connectivity index (χ2v) is 8.36. The van der Waals surface area contributed by atoms with Gasteiger partial charge in [-0.3, -0.25) is 4.79 Å². The first-order valence-electron chi connectivity index (χ1n) is 11.4. The summed E-state index contributed by atoms with van der Waals surface area (Å²) in [6, 6.07) is 25.5. The first-order valence-corrected chi connectivity index (χ1v) is 11.4. The van der Waals surface area contributed by atoms with Gasteiger partial charge in [0.05, 0.1) is 12.8 Å². The number of carbonyl (C=O) groups is 1. The minimum Gasteiger partial charge on any atom is -0.495 e. The molecule has 0 aliphatic rings. The summed E-state index contributed by atoms with van der Waals surface area (Å²) in [4.78, 5) is 17.2. The molecule has 0 unspecified atom stereocenters. The number of amides is 1. The molecule has 1 amide bonds. The van der Waals surface area contributed by atoms with Crippen LogP contribution in [0.3, 0.4) is 0 Å². The Morgan fingerprint density at radius 3 is 2.51 bits per heavy atom. The Hall–Kier alpha value is -4.58. The Morgan fingerprint density at radius 2 is 1.74 bits per heavy atom. The van der Waals surface area contributed by atoms with Crippen LogP contribution in [0.4, 0.5) is 11.4 Å². The molecule has 5 rings (SSSR count). The van der Waals surface area contributed by atoms with E-state index in [-0.39, 0.29) is 5.91 Å². The van der Waals surface area contributed by atoms with Crippen molar-refractivity contribution in [2.24, 2.45) is 0 Å². The molecule has 2 heterocycles. The van der Waals surface area contributed by atoms with Crippen molar-refractivity contribution in [1.82, 2.24) is 9.38 Å². The van der Waals surface area contributed by atoms with Gasteiger partial charge in [0.2, 0.25) is 0 Å². The third-order valence-electron chi connectivity index (χ3n) is 5.93. The molecule has 35 heavy (non-hydrogen) atoms. The number of methoxy groups -OCH3 is 1. The van der Waals surface area contributed by atoms with Crippen LogP contribution in [0.1, 0.15) is 21.5 Å². The van der Waals surface area contributed by atoms with Crippen LogP contribution in [0, 0.1) is 6.92 Å². The van der Waals surface area contributed by atoms with E-state index in [0.717, 1.165) is 28.0 Å². The molecule has 174 valence electrons. The minimum absolute atomic E-state index is 0.189. The molecule has 6 heteroatoms. The van der Waals surface area contributed by atoms with Crippen molar-refractivity contribution >= 4 is 22.9 Å². The Morgan fingerprint density at radius 1 is 0.971 bits per heavy atom. The van der Waals surface area contributed by atoms with E-state index >= 15 is 0 Å². The largest absolute Gasteiger partial charge is 0.495 e. The Balaban J connectivity index is 1.31. The van der Waals surface area contributed by atoms with E-state index in [1.165, 1.54) is 5.56 Å². The lowest BCUT2D eigenvalue weighted by atomic mass is 10.0. The molecular weight excluding hydrogens is 436 g/mol. The Bertz CT molecular complexity index is 1470. The van der Waals surface area contributed by atoms with Crippen LogP contribution in [-0.2, 0) is 6.54 Å². The van der Waals surface area contributed by atoms with Crippen LogP contribution in [-0.4, -0.2) is 22.4 Å². The van der Waals surface area contributed by atoms with Gasteiger partial charge in [-0.2, -0.15) is 0 Å². The highest BCUT2D eigenvalue weighted by atomic mass is 16.5. The number of aryl methyl sites for hydroxylation is 1. The van der Waals surface area contributed by atoms with E-state index in [9.17, 15) is 4.79 Å². The zero-order chi connectivity index (χ0) is 24.2. The average Bonchev–Trinajstić information content (AvgIpc) is 3.37. The molecule has 0 fully saturated rings. The zero-order valence-corrected chi connectivity index (χ0v) is 19.7. The van der Waals surface area contributed by atoms with E-state index in [0.29, 0.717) is 23.5 Å². The molecule has 3 aromatic carbocycles. The van der Waals surface area contributed by atoms with Crippen molar-refractivity contribution < 1.29 is 9.53 Å². The molecule has 0 saturated carbocycles. The number of hydrogen-bond acceptors (Lipinski definition) is 4. The van der Waals surface area contributed by atoms with Crippen LogP contribution in [0.5, 0.6) is 5.75 Å². The average molecular weight is 463 g/mol. The van der Waals surface area contributed by atoms with Crippen molar-refractivity contribution in [3.8, 4) is 16.9 Å². The van der Waals surface area contributed by atoms with Crippen LogP contribution in [0.2, 0.25) is 0 Å². The Kier molecular flexibility index (Phi) is 6.18. The van der Waals surface area contributed by atoms with Gasteiger partial charge in [-0.25, -0.2) is 4.98 Å². The van der Waals surface area contributed by atoms with Crippen LogP contribution in [0.25, 0.3) is 16.8 Å². The van der Waals surface area contributed by atoms with Gasteiger partial charge in [-0.05, 0) is 60.5 Å². The zero-order valence-electron chi connectivity index (χ0n) is 19.7. The number of anilines is 2. The van der Waals surface area contributed by atoms with Gasteiger partial charge in [0.25, 0.3) is 5.91 Å². The fraction of sp³-hybridized carbons (Fsp3) is 0.103. The van der Waals surface area contributed by atoms with E-state index in [1.54, 1.807) is 19.2 Å². The van der Waals surface area contributed by atoms with Gasteiger partial charge in [-0.1, -0.05) is 42.0 Å². The maximum absolute atomic E-state index is 12.7. The molecule has 0 aliphatic heterocycles. The van der Waals surface area contributed by atoms with Gasteiger partial charge in [0, 0.05) is 41.9 Å². The fourth-order valence-electron chi connectivity index (χ4n) is 4.02. The summed E-state index contributed by atoms with van der Waals surface area (Å²) in [5.74, 6) is 0.434. The number of fused-ring (bicyclic) bond motifs is 1. The van der Waals surface area contributed by atoms with Crippen molar-refractivity contribution in [3.63, 3.8) is 0 Å². The van der Waals surface area contributed by atoms with E-state index < -0.39 is 0 Å². The molecular formula is C29H26N4O2. The first-order chi connectivity index (χ1) is 17.1. The third-order valence-corrected chi connectivity index (χ3v) is 5.93. The lowest BCUT2D eigenvalue weighted by Gasteiger charge is -2.12. The summed E-state index contributed by atoms with van der Waals surface area (Å²) in [7, 11) is 1.58. The predicted molar refractivity (Wildman–Crippen MR) is 140 cm³/mol. The smallest absolute Gasteiger partial charge is 0.255 e. The van der Waals surface area contributed by atoms with Gasteiger partial charge in [0.15, 0.2) is 0 Å². The molecule has 2 aromatic heterocycles. The van der Waals surface area contributed by atoms with Crippen LogP contribution < -0.4 is 15.4 Å². The molecule has 2 N–H and O–H groups in total. The summed E-state index contributed by atoms with van der Waals surface area (Å²) in [5.41, 5.74) is 7.67. The lowest BCUT2D eigenvalue weighted by Crippen LogP contribution is -2.12. The highest BCUT2D eigenvalue weighted by Gasteiger charge is 2.11. The van der Waals surface area contributed by atoms with Crippen molar-refractivity contribution in [2.75, 3.05) is 17.7 Å². The van der Waals surface area contributed by atoms with Crippen LogP contribution >= 0.6 is 0 Å². The number of hydrogen-bond donors (Lipinski definition) is 2. The molecule has 0 saturated heterocycles. The number of benzene rings is 3. The van der Waals surface area contributed by atoms with E-state index in [1.807, 2.05) is 48.8 Å². The standard InChI is InChI=1S/C29H26N4O2/c1-20-7-9-21(10-8-20)24-17-23(28-30-15-16-33(28)19-24)18-31-25-13-11-22(12-14-25)29(34)32-26-5-3-4-6-27(26)35-2/h3-17,19,31H,18H2,1-2H3,(H,32,34). The van der Waals surface area contributed by atoms with Gasteiger partial charge >= 0.3 is 0 Å². The van der Waals surface area contributed by atoms with E-state index in [2.05, 4.69) is 63.5 Å². The summed E-state index contributed by atoms with van der Waals surface area (Å²) in [6.07, 6.45) is 5.88. The van der Waals surface area contributed by atoms with Crippen molar-refractivity contribution in [1.29, 1.82) is 0 Å². The van der Waals surface area contributed by atoms with E-state index in [4.69, 9.17) is 4.74 Å². The number of nitrogens with zero attached hydrogens (tertiary/aromatic N) is 2. The highest BCUT2D eigenvalue weighted by molar-refractivity contribution is 6.05. The number of imidazole rings is 1. The van der Waals surface area contributed by atoms with Gasteiger partial charge in [-0.15, -0.1) is 0 Å². The quantitative estimate of drug-likeness (QED) is 0.303. The minimum atomic E-state index is -0.189. The number of aromatic nitrogens is 2. The topological polar surface area (TPSA) is 67.7 Å². The van der Waals surface area contributed by atoms with Crippen molar-refractivity contribution in [2.45, 2.75) is 13.5 Å². The number of para-hydroxylation sites is 2. The molecule has 0 bridgehead atoms. The van der Waals surface area contributed by atoms with Gasteiger partial charge < -0.3 is 19.8 Å². The second kappa shape index (κ2) is 9.73. The molecule has 0 radical (unpaired) electrons. The monoisotopic (exact) mass is 462 g/mol. The maximum atomic E-state index is 12.7. The summed E-state index contributed by atoms with van der Waals surface area (Å²) < 4.78 is 7.36. The highest BCUT2D eigenvalue weighted by Crippen LogP contribution is 2.25.